The van der Waals surface area contributed by atoms with Gasteiger partial charge in [0.15, 0.2) is 5.75 Å². The number of nitrogens with zero attached hydrogens (tertiary/aromatic N) is 1. The van der Waals surface area contributed by atoms with E-state index in [-0.39, 0.29) is 12.2 Å². The number of amides is 1. The van der Waals surface area contributed by atoms with Crippen molar-refractivity contribution in [2.45, 2.75) is 6.61 Å². The van der Waals surface area contributed by atoms with E-state index in [1.54, 1.807) is 24.3 Å². The molecule has 156 valence electrons. The molecular weight excluding hydrogens is 614 g/mol. The van der Waals surface area contributed by atoms with Crippen molar-refractivity contribution < 1.29 is 9.53 Å². The van der Waals surface area contributed by atoms with Gasteiger partial charge in [-0.1, -0.05) is 47.5 Å². The van der Waals surface area contributed by atoms with E-state index in [1.807, 2.05) is 42.5 Å². The molecule has 0 atom stereocenters. The van der Waals surface area contributed by atoms with Gasteiger partial charge in [0, 0.05) is 19.8 Å². The van der Waals surface area contributed by atoms with Gasteiger partial charge in [0.1, 0.15) is 18.2 Å². The van der Waals surface area contributed by atoms with Crippen molar-refractivity contribution >= 4 is 79.4 Å². The Morgan fingerprint density at radius 3 is 2.58 bits per heavy atom. The molecule has 0 unspecified atom stereocenters. The Kier molecular flexibility index (Phi) is 8.38. The lowest BCUT2D eigenvalue weighted by atomic mass is 10.1. The Balaban J connectivity index is 1.78. The molecule has 3 rings (SSSR count). The van der Waals surface area contributed by atoms with Crippen LogP contribution >= 0.6 is 61.7 Å². The average Bonchev–Trinajstić information content (AvgIpc) is 2.72. The van der Waals surface area contributed by atoms with Crippen LogP contribution in [0.15, 0.2) is 70.7 Å². The second-order valence-corrected chi connectivity index (χ2v) is 9.24. The SMILES string of the molecule is N#C/C(=C\c1cc(Cl)c(OCc2ccccc2Cl)c(Br)c1)C(=O)Nc1cccc(I)c1. The highest BCUT2D eigenvalue weighted by Gasteiger charge is 2.13. The molecule has 3 aromatic carbocycles. The quantitative estimate of drug-likeness (QED) is 0.175. The van der Waals surface area contributed by atoms with Crippen LogP contribution < -0.4 is 10.1 Å². The summed E-state index contributed by atoms with van der Waals surface area (Å²) in [4.78, 5) is 12.5. The molecule has 0 aliphatic carbocycles. The normalized spacial score (nSPS) is 11.0. The number of carbonyl (C=O) groups excluding carboxylic acids is 1. The van der Waals surface area contributed by atoms with Gasteiger partial charge in [0.05, 0.1) is 9.50 Å². The Morgan fingerprint density at radius 1 is 1.13 bits per heavy atom. The van der Waals surface area contributed by atoms with Gasteiger partial charge in [-0.3, -0.25) is 4.79 Å². The van der Waals surface area contributed by atoms with Crippen molar-refractivity contribution in [3.63, 3.8) is 0 Å². The van der Waals surface area contributed by atoms with Gasteiger partial charge in [0.25, 0.3) is 5.91 Å². The van der Waals surface area contributed by atoms with Crippen LogP contribution in [0.25, 0.3) is 6.08 Å². The molecule has 0 aromatic heterocycles. The van der Waals surface area contributed by atoms with E-state index in [2.05, 4.69) is 43.8 Å². The molecule has 4 nitrogen and oxygen atoms in total. The van der Waals surface area contributed by atoms with Crippen LogP contribution in [0.5, 0.6) is 5.75 Å². The molecule has 0 aliphatic rings. The summed E-state index contributed by atoms with van der Waals surface area (Å²) in [5.74, 6) is -0.0589. The maximum Gasteiger partial charge on any atom is 0.266 e. The number of nitriles is 1. The fourth-order valence-electron chi connectivity index (χ4n) is 2.65. The van der Waals surface area contributed by atoms with Crippen molar-refractivity contribution in [3.8, 4) is 11.8 Å². The first-order chi connectivity index (χ1) is 14.9. The van der Waals surface area contributed by atoms with Crippen LogP contribution in [0.3, 0.4) is 0 Å². The molecule has 1 N–H and O–H groups in total. The van der Waals surface area contributed by atoms with E-state index in [1.165, 1.54) is 6.08 Å². The predicted molar refractivity (Wildman–Crippen MR) is 136 cm³/mol. The van der Waals surface area contributed by atoms with Crippen LogP contribution in [-0.4, -0.2) is 5.91 Å². The van der Waals surface area contributed by atoms with Gasteiger partial charge in [-0.25, -0.2) is 0 Å². The van der Waals surface area contributed by atoms with Gasteiger partial charge >= 0.3 is 0 Å². The van der Waals surface area contributed by atoms with Gasteiger partial charge in [-0.2, -0.15) is 5.26 Å². The lowest BCUT2D eigenvalue weighted by molar-refractivity contribution is -0.112. The molecule has 0 bridgehead atoms. The molecule has 0 radical (unpaired) electrons. The van der Waals surface area contributed by atoms with Crippen LogP contribution in [0, 0.1) is 14.9 Å². The maximum atomic E-state index is 12.5. The minimum Gasteiger partial charge on any atom is -0.486 e. The third kappa shape index (κ3) is 6.47. The Morgan fingerprint density at radius 2 is 1.90 bits per heavy atom. The number of ether oxygens (including phenoxy) is 1. The largest absolute Gasteiger partial charge is 0.486 e. The zero-order valence-corrected chi connectivity index (χ0v) is 21.1. The van der Waals surface area contributed by atoms with Crippen molar-refractivity contribution in [3.05, 3.63) is 95.5 Å². The Bertz CT molecular complexity index is 1190. The molecule has 0 aliphatic heterocycles. The first kappa shape index (κ1) is 23.6. The highest BCUT2D eigenvalue weighted by atomic mass is 127. The summed E-state index contributed by atoms with van der Waals surface area (Å²) in [5, 5.41) is 13.1. The van der Waals surface area contributed by atoms with Crippen LogP contribution in [0.1, 0.15) is 11.1 Å². The fourth-order valence-corrected chi connectivity index (χ4v) is 4.37. The highest BCUT2D eigenvalue weighted by molar-refractivity contribution is 14.1. The number of hydrogen-bond donors (Lipinski definition) is 1. The lowest BCUT2D eigenvalue weighted by Crippen LogP contribution is -2.13. The molecule has 1 amide bonds. The number of halogens is 4. The topological polar surface area (TPSA) is 62.1 Å². The van der Waals surface area contributed by atoms with E-state index in [4.69, 9.17) is 27.9 Å². The van der Waals surface area contributed by atoms with E-state index in [0.29, 0.717) is 31.5 Å². The number of nitrogens with one attached hydrogen (secondary N) is 1. The average molecular weight is 628 g/mol. The molecule has 0 fully saturated rings. The standard InChI is InChI=1S/C23H14BrCl2IN2O2/c24-19-9-14(8-16(12-28)23(30)29-18-6-3-5-17(27)11-18)10-21(26)22(19)31-13-15-4-1-2-7-20(15)25/h1-11H,13H2,(H,29,30)/b16-8+. The third-order valence-electron chi connectivity index (χ3n) is 4.11. The summed E-state index contributed by atoms with van der Waals surface area (Å²) in [7, 11) is 0. The van der Waals surface area contributed by atoms with Gasteiger partial charge in [-0.15, -0.1) is 0 Å². The molecule has 0 spiro atoms. The van der Waals surface area contributed by atoms with Crippen LogP contribution in [-0.2, 0) is 11.4 Å². The minimum atomic E-state index is -0.504. The van der Waals surface area contributed by atoms with Crippen LogP contribution in [0.2, 0.25) is 10.0 Å². The van der Waals surface area contributed by atoms with Gasteiger partial charge in [0.2, 0.25) is 0 Å². The molecular formula is C23H14BrCl2IN2O2. The molecule has 0 saturated heterocycles. The summed E-state index contributed by atoms with van der Waals surface area (Å²) in [5.41, 5.74) is 1.97. The zero-order valence-electron chi connectivity index (χ0n) is 15.8. The molecule has 0 heterocycles. The summed E-state index contributed by atoms with van der Waals surface area (Å²) < 4.78 is 7.39. The zero-order chi connectivity index (χ0) is 22.4. The smallest absolute Gasteiger partial charge is 0.266 e. The van der Waals surface area contributed by atoms with E-state index >= 15 is 0 Å². The lowest BCUT2D eigenvalue weighted by Gasteiger charge is -2.12. The summed E-state index contributed by atoms with van der Waals surface area (Å²) >= 11 is 18.2. The number of rotatable bonds is 6. The summed E-state index contributed by atoms with van der Waals surface area (Å²) in [6.45, 7) is 0.245. The monoisotopic (exact) mass is 626 g/mol. The molecule has 8 heteroatoms. The third-order valence-corrected chi connectivity index (χ3v) is 6.02. The fraction of sp³-hybridized carbons (Fsp3) is 0.0435. The summed E-state index contributed by atoms with van der Waals surface area (Å²) in [6, 6.07) is 20.0. The number of carbonyl (C=O) groups is 1. The van der Waals surface area contributed by atoms with Crippen molar-refractivity contribution in [1.82, 2.24) is 0 Å². The van der Waals surface area contributed by atoms with Gasteiger partial charge < -0.3 is 10.1 Å². The highest BCUT2D eigenvalue weighted by Crippen LogP contribution is 2.36. The second kappa shape index (κ2) is 11.0. The summed E-state index contributed by atoms with van der Waals surface area (Å²) in [6.07, 6.45) is 1.47. The van der Waals surface area contributed by atoms with E-state index in [9.17, 15) is 10.1 Å². The van der Waals surface area contributed by atoms with Crippen LogP contribution in [0.4, 0.5) is 5.69 Å². The van der Waals surface area contributed by atoms with E-state index < -0.39 is 5.91 Å². The predicted octanol–water partition coefficient (Wildman–Crippen LogP) is 7.49. The van der Waals surface area contributed by atoms with Crippen molar-refractivity contribution in [2.24, 2.45) is 0 Å². The number of hydrogen-bond acceptors (Lipinski definition) is 3. The molecule has 3 aromatic rings. The van der Waals surface area contributed by atoms with Crippen molar-refractivity contribution in [1.29, 1.82) is 5.26 Å². The van der Waals surface area contributed by atoms with Gasteiger partial charge in [-0.05, 0) is 86.6 Å². The Hall–Kier alpha value is -2.05. The van der Waals surface area contributed by atoms with E-state index in [0.717, 1.165) is 9.13 Å². The van der Waals surface area contributed by atoms with Crippen molar-refractivity contribution in [2.75, 3.05) is 5.32 Å². The first-order valence-corrected chi connectivity index (χ1v) is 11.5. The first-order valence-electron chi connectivity index (χ1n) is 8.91. The maximum absolute atomic E-state index is 12.5. The molecule has 31 heavy (non-hydrogen) atoms. The second-order valence-electron chi connectivity index (χ2n) is 6.33. The Labute approximate surface area is 212 Å². The number of benzene rings is 3. The number of anilines is 1. The molecule has 0 saturated carbocycles. The minimum absolute atomic E-state index is 0.0495.